The second-order valence-corrected chi connectivity index (χ2v) is 9.67. The average Bonchev–Trinajstić information content (AvgIpc) is 3.00. The predicted molar refractivity (Wildman–Crippen MR) is 101 cm³/mol. The first-order valence-electron chi connectivity index (χ1n) is 8.46. The van der Waals surface area contributed by atoms with Crippen molar-refractivity contribution in [2.24, 2.45) is 0 Å². The molecule has 8 heteroatoms. The van der Waals surface area contributed by atoms with Crippen molar-refractivity contribution in [2.45, 2.75) is 23.9 Å². The molecule has 0 saturated carbocycles. The summed E-state index contributed by atoms with van der Waals surface area (Å²) in [6.45, 7) is 0.284. The van der Waals surface area contributed by atoms with Crippen LogP contribution in [-0.4, -0.2) is 42.5 Å². The molecule has 1 atom stereocenters. The third kappa shape index (κ3) is 5.29. The van der Waals surface area contributed by atoms with Gasteiger partial charge in [0.15, 0.2) is 9.84 Å². The zero-order valence-electron chi connectivity index (χ0n) is 14.5. The molecule has 1 aliphatic rings. The van der Waals surface area contributed by atoms with Gasteiger partial charge in [-0.3, -0.25) is 4.79 Å². The summed E-state index contributed by atoms with van der Waals surface area (Å²) in [5, 5.41) is 0. The molecule has 0 unspecified atom stereocenters. The number of benzene rings is 2. The van der Waals surface area contributed by atoms with Crippen LogP contribution < -0.4 is 0 Å². The Bertz CT molecular complexity index is 920. The molecule has 3 rings (SSSR count). The summed E-state index contributed by atoms with van der Waals surface area (Å²) in [5.41, 5.74) is 0.886. The van der Waals surface area contributed by atoms with E-state index in [9.17, 15) is 22.0 Å². The Balaban J connectivity index is 1.75. The highest BCUT2D eigenvalue weighted by Crippen LogP contribution is 2.25. The van der Waals surface area contributed by atoms with E-state index < -0.39 is 27.5 Å². The van der Waals surface area contributed by atoms with Crippen LogP contribution in [0.25, 0.3) is 0 Å². The second-order valence-electron chi connectivity index (χ2n) is 6.43. The number of hydrogen-bond donors (Lipinski definition) is 0. The molecule has 0 bridgehead atoms. The van der Waals surface area contributed by atoms with Crippen LogP contribution in [0.1, 0.15) is 12.0 Å². The van der Waals surface area contributed by atoms with Crippen molar-refractivity contribution in [3.63, 3.8) is 0 Å². The van der Waals surface area contributed by atoms with Gasteiger partial charge in [0.1, 0.15) is 11.6 Å². The van der Waals surface area contributed by atoms with Gasteiger partial charge in [0, 0.05) is 17.5 Å². The molecule has 2 aromatic carbocycles. The fraction of sp³-hybridized carbons (Fsp3) is 0.316. The van der Waals surface area contributed by atoms with E-state index in [1.54, 1.807) is 4.90 Å². The topological polar surface area (TPSA) is 54.5 Å². The molecule has 0 radical (unpaired) electrons. The van der Waals surface area contributed by atoms with Crippen LogP contribution >= 0.6 is 11.8 Å². The molecule has 2 aromatic rings. The summed E-state index contributed by atoms with van der Waals surface area (Å²) in [5.74, 6) is -1.56. The summed E-state index contributed by atoms with van der Waals surface area (Å²) in [6.07, 6.45) is 0.389. The van der Waals surface area contributed by atoms with Crippen molar-refractivity contribution in [3.05, 3.63) is 65.7 Å². The molecule has 1 amide bonds. The lowest BCUT2D eigenvalue weighted by Crippen LogP contribution is -2.41. The van der Waals surface area contributed by atoms with Gasteiger partial charge in [-0.25, -0.2) is 17.2 Å². The predicted octanol–water partition coefficient (Wildman–Crippen LogP) is 3.27. The van der Waals surface area contributed by atoms with Crippen molar-refractivity contribution in [1.82, 2.24) is 4.90 Å². The first kappa shape index (κ1) is 19.8. The number of carbonyl (C=O) groups excluding carboxylic acids is 1. The molecule has 1 aliphatic heterocycles. The minimum Gasteiger partial charge on any atom is -0.334 e. The number of rotatable bonds is 6. The number of halogens is 2. The Morgan fingerprint density at radius 3 is 2.56 bits per heavy atom. The Morgan fingerprint density at radius 2 is 1.89 bits per heavy atom. The van der Waals surface area contributed by atoms with E-state index in [0.717, 1.165) is 35.5 Å². The highest BCUT2D eigenvalue weighted by Gasteiger charge is 2.34. The van der Waals surface area contributed by atoms with Crippen molar-refractivity contribution < 1.29 is 22.0 Å². The number of hydrogen-bond acceptors (Lipinski definition) is 4. The quantitative estimate of drug-likeness (QED) is 0.685. The number of nitrogens with zero attached hydrogens (tertiary/aromatic N) is 1. The fourth-order valence-corrected chi connectivity index (χ4v) is 5.61. The molecular weight excluding hydrogens is 392 g/mol. The Labute approximate surface area is 161 Å². The van der Waals surface area contributed by atoms with Crippen LogP contribution in [0.3, 0.4) is 0 Å². The monoisotopic (exact) mass is 411 g/mol. The Morgan fingerprint density at radius 1 is 1.15 bits per heavy atom. The van der Waals surface area contributed by atoms with Gasteiger partial charge < -0.3 is 4.90 Å². The highest BCUT2D eigenvalue weighted by atomic mass is 32.2. The summed E-state index contributed by atoms with van der Waals surface area (Å²) in [6, 6.07) is 12.0. The Kier molecular flexibility index (Phi) is 6.16. The van der Waals surface area contributed by atoms with Gasteiger partial charge >= 0.3 is 0 Å². The van der Waals surface area contributed by atoms with E-state index >= 15 is 0 Å². The van der Waals surface area contributed by atoms with Gasteiger partial charge in [-0.05, 0) is 30.2 Å². The lowest BCUT2D eigenvalue weighted by atomic mass is 10.1. The normalized spacial score (nSPS) is 18.4. The molecule has 1 saturated heterocycles. The van der Waals surface area contributed by atoms with Gasteiger partial charge in [-0.15, -0.1) is 11.8 Å². The summed E-state index contributed by atoms with van der Waals surface area (Å²) in [7, 11) is -3.16. The molecule has 0 N–H and O–H groups in total. The minimum atomic E-state index is -3.16. The molecule has 27 heavy (non-hydrogen) atoms. The largest absolute Gasteiger partial charge is 0.334 e. The van der Waals surface area contributed by atoms with Crippen LogP contribution in [0.2, 0.25) is 0 Å². The van der Waals surface area contributed by atoms with Crippen LogP contribution in [0.4, 0.5) is 8.78 Å². The molecule has 0 aliphatic carbocycles. The third-order valence-electron chi connectivity index (χ3n) is 4.41. The molecule has 0 spiro atoms. The third-order valence-corrected chi connectivity index (χ3v) is 7.18. The first-order chi connectivity index (χ1) is 12.8. The van der Waals surface area contributed by atoms with Crippen LogP contribution in [0.15, 0.2) is 53.4 Å². The smallest absolute Gasteiger partial charge is 0.233 e. The van der Waals surface area contributed by atoms with Crippen molar-refractivity contribution in [3.8, 4) is 0 Å². The molecule has 0 aromatic heterocycles. The van der Waals surface area contributed by atoms with Crippen LogP contribution in [0.5, 0.6) is 0 Å². The highest BCUT2D eigenvalue weighted by molar-refractivity contribution is 8.00. The summed E-state index contributed by atoms with van der Waals surface area (Å²) < 4.78 is 50.8. The summed E-state index contributed by atoms with van der Waals surface area (Å²) >= 11 is 0.911. The van der Waals surface area contributed by atoms with Crippen LogP contribution in [-0.2, 0) is 21.2 Å². The van der Waals surface area contributed by atoms with E-state index in [1.807, 2.05) is 30.3 Å². The van der Waals surface area contributed by atoms with Gasteiger partial charge in [-0.2, -0.15) is 0 Å². The van der Waals surface area contributed by atoms with Crippen LogP contribution in [0, 0.1) is 11.6 Å². The number of carbonyl (C=O) groups is 1. The lowest BCUT2D eigenvalue weighted by molar-refractivity contribution is -0.130. The van der Waals surface area contributed by atoms with Gasteiger partial charge in [0.2, 0.25) is 5.91 Å². The zero-order chi connectivity index (χ0) is 19.4. The van der Waals surface area contributed by atoms with E-state index in [0.29, 0.717) is 6.42 Å². The van der Waals surface area contributed by atoms with Gasteiger partial charge in [-0.1, -0.05) is 30.3 Å². The van der Waals surface area contributed by atoms with E-state index in [2.05, 4.69) is 0 Å². The van der Waals surface area contributed by atoms with Crippen molar-refractivity contribution in [1.29, 1.82) is 0 Å². The SMILES string of the molecule is O=C(CSc1cc(F)ccc1F)N(Cc1ccccc1)[C@H]1CCS(=O)(=O)C1. The molecule has 1 fully saturated rings. The molecular formula is C19H19F2NO3S2. The van der Waals surface area contributed by atoms with Crippen molar-refractivity contribution >= 4 is 27.5 Å². The maximum absolute atomic E-state index is 13.8. The molecule has 4 nitrogen and oxygen atoms in total. The lowest BCUT2D eigenvalue weighted by Gasteiger charge is -2.28. The van der Waals surface area contributed by atoms with Crippen molar-refractivity contribution in [2.75, 3.05) is 17.3 Å². The number of amides is 1. The maximum atomic E-state index is 13.8. The number of thioether (sulfide) groups is 1. The standard InChI is InChI=1S/C19H19F2NO3S2/c20-15-6-7-17(21)18(10-15)26-12-19(23)22(11-14-4-2-1-3-5-14)16-8-9-27(24,25)13-16/h1-7,10,16H,8-9,11-13H2/t16-/m0/s1. The van der Waals surface area contributed by atoms with Gasteiger partial charge in [0.05, 0.1) is 17.3 Å². The van der Waals surface area contributed by atoms with E-state index in [4.69, 9.17) is 0 Å². The van der Waals surface area contributed by atoms with E-state index in [1.165, 1.54) is 0 Å². The number of sulfone groups is 1. The van der Waals surface area contributed by atoms with E-state index in [-0.39, 0.29) is 34.6 Å². The average molecular weight is 411 g/mol. The van der Waals surface area contributed by atoms with Gasteiger partial charge in [0.25, 0.3) is 0 Å². The minimum absolute atomic E-state index is 0.0574. The zero-order valence-corrected chi connectivity index (χ0v) is 16.1. The molecule has 144 valence electrons. The Hall–Kier alpha value is -1.93. The first-order valence-corrected chi connectivity index (χ1v) is 11.3. The maximum Gasteiger partial charge on any atom is 0.233 e. The summed E-state index contributed by atoms with van der Waals surface area (Å²) in [4.78, 5) is 14.4. The second kappa shape index (κ2) is 8.39. The molecule has 1 heterocycles. The fourth-order valence-electron chi connectivity index (χ4n) is 3.03.